The van der Waals surface area contributed by atoms with E-state index in [2.05, 4.69) is 13.0 Å². The summed E-state index contributed by atoms with van der Waals surface area (Å²) in [5, 5.41) is 11.1. The lowest BCUT2D eigenvalue weighted by Gasteiger charge is -2.33. The van der Waals surface area contributed by atoms with E-state index >= 15 is 0 Å². The lowest BCUT2D eigenvalue weighted by molar-refractivity contribution is -0.155. The Kier molecular flexibility index (Phi) is 9.69. The van der Waals surface area contributed by atoms with Crippen molar-refractivity contribution in [3.63, 3.8) is 0 Å². The second-order valence-corrected chi connectivity index (χ2v) is 11.2. The van der Waals surface area contributed by atoms with Gasteiger partial charge in [0.05, 0.1) is 19.1 Å². The first-order valence-corrected chi connectivity index (χ1v) is 14.2. The van der Waals surface area contributed by atoms with E-state index in [1.165, 1.54) is 18.2 Å². The van der Waals surface area contributed by atoms with Gasteiger partial charge < -0.3 is 19.3 Å². The predicted octanol–water partition coefficient (Wildman–Crippen LogP) is 5.41. The van der Waals surface area contributed by atoms with Gasteiger partial charge in [0.1, 0.15) is 11.9 Å². The molecule has 36 heavy (non-hydrogen) atoms. The SMILES string of the molecule is CCCCCC(CCC1C(O)CC2Cc3c(cccc3OCC(=O)OC)CC21)OC(=O)C1CCCC1. The second-order valence-electron chi connectivity index (χ2n) is 11.2. The molecule has 1 aromatic carbocycles. The van der Waals surface area contributed by atoms with Crippen LogP contribution in [0.2, 0.25) is 0 Å². The maximum atomic E-state index is 12.7. The summed E-state index contributed by atoms with van der Waals surface area (Å²) >= 11 is 0. The number of fused-ring (bicyclic) bond motifs is 2. The van der Waals surface area contributed by atoms with E-state index < -0.39 is 0 Å². The van der Waals surface area contributed by atoms with Crippen LogP contribution < -0.4 is 4.74 Å². The summed E-state index contributed by atoms with van der Waals surface area (Å²) in [6.07, 6.45) is 12.5. The Hall–Kier alpha value is -2.08. The topological polar surface area (TPSA) is 82.1 Å². The van der Waals surface area contributed by atoms with Gasteiger partial charge in [0.25, 0.3) is 0 Å². The van der Waals surface area contributed by atoms with E-state index in [0.29, 0.717) is 11.8 Å². The largest absolute Gasteiger partial charge is 0.482 e. The van der Waals surface area contributed by atoms with Gasteiger partial charge in [-0.3, -0.25) is 4.79 Å². The molecule has 1 aromatic rings. The molecule has 0 aliphatic heterocycles. The standard InChI is InChI=1S/C30H44O6/c1-3-4-5-12-23(36-30(33)20-9-6-7-10-20)14-15-24-25-16-21-11-8-13-28(35-19-29(32)34-2)26(21)17-22(25)18-27(24)31/h8,11,13,20,22-25,27,31H,3-7,9-10,12,14-19H2,1-2H3. The van der Waals surface area contributed by atoms with Crippen molar-refractivity contribution >= 4 is 11.9 Å². The molecular formula is C30H44O6. The van der Waals surface area contributed by atoms with Crippen LogP contribution in [0.1, 0.15) is 88.7 Å². The Balaban J connectivity index is 1.38. The van der Waals surface area contributed by atoms with Crippen LogP contribution in [-0.4, -0.2) is 43.0 Å². The van der Waals surface area contributed by atoms with Gasteiger partial charge in [0.15, 0.2) is 6.61 Å². The minimum Gasteiger partial charge on any atom is -0.482 e. The van der Waals surface area contributed by atoms with Crippen LogP contribution in [0.25, 0.3) is 0 Å². The third kappa shape index (κ3) is 6.62. The maximum absolute atomic E-state index is 12.7. The van der Waals surface area contributed by atoms with Crippen molar-refractivity contribution in [1.82, 2.24) is 0 Å². The zero-order valence-electron chi connectivity index (χ0n) is 22.1. The summed E-state index contributed by atoms with van der Waals surface area (Å²) < 4.78 is 16.6. The van der Waals surface area contributed by atoms with Crippen molar-refractivity contribution < 1.29 is 28.9 Å². The number of hydrogen-bond donors (Lipinski definition) is 1. The number of methoxy groups -OCH3 is 1. The Morgan fingerprint density at radius 2 is 1.92 bits per heavy atom. The highest BCUT2D eigenvalue weighted by Crippen LogP contribution is 2.48. The first kappa shape index (κ1) is 27.0. The number of carbonyl (C=O) groups excluding carboxylic acids is 2. The third-order valence-corrected chi connectivity index (χ3v) is 8.84. The summed E-state index contributed by atoms with van der Waals surface area (Å²) in [6, 6.07) is 6.05. The molecule has 6 heteroatoms. The number of aliphatic hydroxyl groups excluding tert-OH is 1. The highest BCUT2D eigenvalue weighted by Gasteiger charge is 2.45. The van der Waals surface area contributed by atoms with Gasteiger partial charge in [-0.2, -0.15) is 0 Å². The highest BCUT2D eigenvalue weighted by atomic mass is 16.6. The molecule has 1 N–H and O–H groups in total. The van der Waals surface area contributed by atoms with Gasteiger partial charge in [0, 0.05) is 0 Å². The minimum atomic E-state index is -0.389. The zero-order chi connectivity index (χ0) is 25.5. The predicted molar refractivity (Wildman–Crippen MR) is 138 cm³/mol. The fraction of sp³-hybridized carbons (Fsp3) is 0.733. The number of benzene rings is 1. The molecule has 3 aliphatic carbocycles. The lowest BCUT2D eigenvalue weighted by Crippen LogP contribution is -2.29. The van der Waals surface area contributed by atoms with Gasteiger partial charge in [-0.25, -0.2) is 4.79 Å². The van der Waals surface area contributed by atoms with E-state index in [0.717, 1.165) is 89.2 Å². The van der Waals surface area contributed by atoms with E-state index in [-0.39, 0.29) is 42.6 Å². The number of carbonyl (C=O) groups is 2. The fourth-order valence-electron chi connectivity index (χ4n) is 6.82. The van der Waals surface area contributed by atoms with Crippen molar-refractivity contribution in [2.75, 3.05) is 13.7 Å². The van der Waals surface area contributed by atoms with Crippen molar-refractivity contribution in [1.29, 1.82) is 0 Å². The normalized spacial score (nSPS) is 26.2. The average molecular weight is 501 g/mol. The molecular weight excluding hydrogens is 456 g/mol. The van der Waals surface area contributed by atoms with Crippen LogP contribution >= 0.6 is 0 Å². The quantitative estimate of drug-likeness (QED) is 0.305. The molecule has 0 bridgehead atoms. The number of esters is 2. The van der Waals surface area contributed by atoms with Crippen LogP contribution in [0.5, 0.6) is 5.75 Å². The van der Waals surface area contributed by atoms with Crippen LogP contribution in [0.3, 0.4) is 0 Å². The highest BCUT2D eigenvalue weighted by molar-refractivity contribution is 5.73. The summed E-state index contributed by atoms with van der Waals surface area (Å²) in [6.45, 7) is 2.10. The van der Waals surface area contributed by atoms with Crippen molar-refractivity contribution in [3.8, 4) is 5.75 Å². The molecule has 3 aliphatic rings. The zero-order valence-corrected chi connectivity index (χ0v) is 22.1. The van der Waals surface area contributed by atoms with E-state index in [9.17, 15) is 14.7 Å². The van der Waals surface area contributed by atoms with E-state index in [1.807, 2.05) is 12.1 Å². The number of unbranched alkanes of at least 4 members (excludes halogenated alkanes) is 2. The Labute approximate surface area is 216 Å². The van der Waals surface area contributed by atoms with Crippen LogP contribution in [-0.2, 0) is 31.9 Å². The van der Waals surface area contributed by atoms with E-state index in [4.69, 9.17) is 14.2 Å². The first-order chi connectivity index (χ1) is 17.5. The van der Waals surface area contributed by atoms with Gasteiger partial charge in [0.2, 0.25) is 0 Å². The molecule has 2 saturated carbocycles. The monoisotopic (exact) mass is 500 g/mol. The molecule has 6 nitrogen and oxygen atoms in total. The Morgan fingerprint density at radius 1 is 1.11 bits per heavy atom. The van der Waals surface area contributed by atoms with Crippen LogP contribution in [0, 0.1) is 23.7 Å². The van der Waals surface area contributed by atoms with Gasteiger partial charge in [-0.05, 0) is 92.7 Å². The van der Waals surface area contributed by atoms with Crippen molar-refractivity contribution in [2.24, 2.45) is 23.7 Å². The molecule has 0 spiro atoms. The van der Waals surface area contributed by atoms with Crippen LogP contribution in [0.4, 0.5) is 0 Å². The van der Waals surface area contributed by atoms with Gasteiger partial charge in [-0.1, -0.05) is 44.7 Å². The Bertz CT molecular complexity index is 876. The summed E-state index contributed by atoms with van der Waals surface area (Å²) in [5.41, 5.74) is 2.42. The molecule has 0 aromatic heterocycles. The Morgan fingerprint density at radius 3 is 2.67 bits per heavy atom. The lowest BCUT2D eigenvalue weighted by atomic mass is 9.73. The molecule has 0 amide bonds. The smallest absolute Gasteiger partial charge is 0.343 e. The summed E-state index contributed by atoms with van der Waals surface area (Å²) in [7, 11) is 1.36. The molecule has 5 unspecified atom stereocenters. The van der Waals surface area contributed by atoms with Crippen LogP contribution in [0.15, 0.2) is 18.2 Å². The number of rotatable bonds is 12. The molecule has 0 radical (unpaired) electrons. The number of ether oxygens (including phenoxy) is 3. The molecule has 4 rings (SSSR count). The molecule has 5 atom stereocenters. The van der Waals surface area contributed by atoms with E-state index in [1.54, 1.807) is 0 Å². The number of aliphatic hydroxyl groups is 1. The number of hydrogen-bond acceptors (Lipinski definition) is 6. The average Bonchev–Trinajstić information content (AvgIpc) is 3.52. The van der Waals surface area contributed by atoms with Crippen molar-refractivity contribution in [2.45, 2.75) is 103 Å². The maximum Gasteiger partial charge on any atom is 0.343 e. The minimum absolute atomic E-state index is 0.00456. The first-order valence-electron chi connectivity index (χ1n) is 14.2. The summed E-state index contributed by atoms with van der Waals surface area (Å²) in [4.78, 5) is 24.3. The summed E-state index contributed by atoms with van der Waals surface area (Å²) in [5.74, 6) is 1.51. The third-order valence-electron chi connectivity index (χ3n) is 8.84. The molecule has 2 fully saturated rings. The second kappa shape index (κ2) is 12.9. The molecule has 200 valence electrons. The van der Waals surface area contributed by atoms with Gasteiger partial charge in [-0.15, -0.1) is 0 Å². The van der Waals surface area contributed by atoms with Crippen molar-refractivity contribution in [3.05, 3.63) is 29.3 Å². The van der Waals surface area contributed by atoms with Gasteiger partial charge >= 0.3 is 11.9 Å². The molecule has 0 saturated heterocycles. The fourth-order valence-corrected chi connectivity index (χ4v) is 6.82. The molecule has 0 heterocycles.